The average molecular weight is 240 g/mol. The lowest BCUT2D eigenvalue weighted by atomic mass is 10.4. The van der Waals surface area contributed by atoms with Crippen molar-refractivity contribution in [2.75, 3.05) is 0 Å². The van der Waals surface area contributed by atoms with Crippen LogP contribution in [-0.2, 0) is 0 Å². The third kappa shape index (κ3) is 1.04. The van der Waals surface area contributed by atoms with Gasteiger partial charge >= 0.3 is 0 Å². The summed E-state index contributed by atoms with van der Waals surface area (Å²) in [5.74, 6) is 0. The van der Waals surface area contributed by atoms with Crippen LogP contribution in [0.15, 0.2) is 18.2 Å². The Morgan fingerprint density at radius 1 is 0.611 bits per heavy atom. The fraction of sp³-hybridized carbons (Fsp3) is 0.250. The molecule has 18 heavy (non-hydrogen) atoms. The van der Waals surface area contributed by atoms with Crippen molar-refractivity contribution in [3.63, 3.8) is 0 Å². The smallest absolute Gasteiger partial charge is 0.161 e. The third-order valence-electron chi connectivity index (χ3n) is 3.09. The van der Waals surface area contributed by atoms with Gasteiger partial charge in [-0.05, 0) is 20.8 Å². The second-order valence-corrected chi connectivity index (χ2v) is 4.67. The minimum absolute atomic E-state index is 0.961. The molecule has 0 aliphatic carbocycles. The number of aryl methyl sites for hydroxylation is 3. The molecule has 0 saturated carbocycles. The van der Waals surface area contributed by atoms with Crippen LogP contribution in [0, 0.1) is 20.8 Å². The minimum atomic E-state index is 0.961. The summed E-state index contributed by atoms with van der Waals surface area (Å²) in [4.78, 5) is 0. The molecule has 0 aliphatic rings. The van der Waals surface area contributed by atoms with E-state index in [4.69, 9.17) is 0 Å². The number of hydrogen-bond donors (Lipinski definition) is 0. The first kappa shape index (κ1) is 9.64. The Morgan fingerprint density at radius 2 is 0.889 bits per heavy atom. The van der Waals surface area contributed by atoms with Crippen molar-refractivity contribution in [2.24, 2.45) is 0 Å². The van der Waals surface area contributed by atoms with Gasteiger partial charge in [0.25, 0.3) is 0 Å². The zero-order valence-electron chi connectivity index (χ0n) is 10.4. The molecule has 4 rings (SSSR count). The lowest BCUT2D eigenvalue weighted by Gasteiger charge is -2.01. The van der Waals surface area contributed by atoms with Crippen molar-refractivity contribution < 1.29 is 0 Å². The van der Waals surface area contributed by atoms with Gasteiger partial charge in [-0.2, -0.15) is 28.8 Å². The summed E-state index contributed by atoms with van der Waals surface area (Å²) >= 11 is 0. The highest BCUT2D eigenvalue weighted by Crippen LogP contribution is 2.17. The first-order valence-corrected chi connectivity index (χ1v) is 5.84. The molecule has 0 radical (unpaired) electrons. The molecule has 0 fully saturated rings. The van der Waals surface area contributed by atoms with E-state index in [1.807, 2.05) is 52.5 Å². The molecule has 0 unspecified atom stereocenters. The monoisotopic (exact) mass is 240 g/mol. The van der Waals surface area contributed by atoms with Crippen molar-refractivity contribution >= 4 is 16.9 Å². The molecule has 4 heterocycles. The van der Waals surface area contributed by atoms with Crippen LogP contribution < -0.4 is 0 Å². The number of hydrogen-bond acceptors (Lipinski definition) is 3. The molecule has 0 spiro atoms. The van der Waals surface area contributed by atoms with Crippen molar-refractivity contribution in [1.82, 2.24) is 28.8 Å². The van der Waals surface area contributed by atoms with Crippen LogP contribution in [0.5, 0.6) is 0 Å². The van der Waals surface area contributed by atoms with Crippen LogP contribution in [0.25, 0.3) is 16.9 Å². The molecular weight excluding hydrogens is 228 g/mol. The Balaban J connectivity index is 2.43. The van der Waals surface area contributed by atoms with Crippen LogP contribution in [-0.4, -0.2) is 28.8 Å². The summed E-state index contributed by atoms with van der Waals surface area (Å²) in [7, 11) is 0. The fourth-order valence-electron chi connectivity index (χ4n) is 2.42. The molecule has 4 aromatic rings. The number of fused-ring (bicyclic) bond motifs is 6. The van der Waals surface area contributed by atoms with Gasteiger partial charge in [-0.1, -0.05) is 0 Å². The molecular formula is C12H12N6. The van der Waals surface area contributed by atoms with Gasteiger partial charge in [0, 0.05) is 18.2 Å². The van der Waals surface area contributed by atoms with E-state index in [-0.39, 0.29) is 0 Å². The minimum Gasteiger partial charge on any atom is -0.196 e. The lowest BCUT2D eigenvalue weighted by Crippen LogP contribution is -2.04. The largest absolute Gasteiger partial charge is 0.196 e. The number of rotatable bonds is 0. The zero-order chi connectivity index (χ0) is 12.4. The zero-order valence-corrected chi connectivity index (χ0v) is 10.4. The normalized spacial score (nSPS) is 12.2. The molecule has 6 heteroatoms. The number of aromatic nitrogens is 6. The van der Waals surface area contributed by atoms with Crippen molar-refractivity contribution in [1.29, 1.82) is 0 Å². The van der Waals surface area contributed by atoms with E-state index in [1.165, 1.54) is 0 Å². The van der Waals surface area contributed by atoms with Crippen LogP contribution in [0.4, 0.5) is 0 Å². The van der Waals surface area contributed by atoms with Gasteiger partial charge in [0.2, 0.25) is 0 Å². The second kappa shape index (κ2) is 2.90. The topological polar surface area (TPSA) is 51.9 Å². The van der Waals surface area contributed by atoms with Crippen molar-refractivity contribution in [3.05, 3.63) is 35.3 Å². The summed E-state index contributed by atoms with van der Waals surface area (Å²) in [6.07, 6.45) is 0. The Morgan fingerprint density at radius 3 is 1.17 bits per heavy atom. The summed E-state index contributed by atoms with van der Waals surface area (Å²) in [6.45, 7) is 5.94. The maximum Gasteiger partial charge on any atom is 0.161 e. The van der Waals surface area contributed by atoms with E-state index < -0.39 is 0 Å². The predicted molar refractivity (Wildman–Crippen MR) is 66.9 cm³/mol. The van der Waals surface area contributed by atoms with E-state index in [2.05, 4.69) is 15.3 Å². The first-order valence-electron chi connectivity index (χ1n) is 5.84. The quantitative estimate of drug-likeness (QED) is 0.468. The Kier molecular flexibility index (Phi) is 1.55. The van der Waals surface area contributed by atoms with Gasteiger partial charge in [-0.15, -0.1) is 0 Å². The van der Waals surface area contributed by atoms with Gasteiger partial charge in [-0.25, -0.2) is 0 Å². The van der Waals surface area contributed by atoms with Crippen LogP contribution in [0.3, 0.4) is 0 Å². The molecule has 0 aliphatic heterocycles. The van der Waals surface area contributed by atoms with E-state index in [1.54, 1.807) is 0 Å². The SMILES string of the molecule is Cc1cc2n(n1)c1cc(C)nn1c1cc(C)nn21. The standard InChI is InChI=1S/C12H12N6/c1-7-4-10-16(13-7)11-5-8(2)15-18(11)12-6-9(3)14-17(10)12/h4-6H,1-3H3. The molecule has 0 N–H and O–H groups in total. The van der Waals surface area contributed by atoms with Gasteiger partial charge in [0.05, 0.1) is 17.1 Å². The van der Waals surface area contributed by atoms with Crippen LogP contribution in [0.2, 0.25) is 0 Å². The molecule has 4 aromatic heterocycles. The van der Waals surface area contributed by atoms with Gasteiger partial charge in [-0.3, -0.25) is 0 Å². The number of nitrogens with zero attached hydrogens (tertiary/aromatic N) is 6. The van der Waals surface area contributed by atoms with Gasteiger partial charge < -0.3 is 0 Å². The molecule has 0 amide bonds. The predicted octanol–water partition coefficient (Wildman–Crippen LogP) is 1.55. The van der Waals surface area contributed by atoms with E-state index in [0.717, 1.165) is 34.0 Å². The molecule has 0 aromatic carbocycles. The van der Waals surface area contributed by atoms with Crippen molar-refractivity contribution in [3.8, 4) is 0 Å². The summed E-state index contributed by atoms with van der Waals surface area (Å²) < 4.78 is 5.65. The third-order valence-corrected chi connectivity index (χ3v) is 3.09. The van der Waals surface area contributed by atoms with Crippen molar-refractivity contribution in [2.45, 2.75) is 20.8 Å². The Labute approximate surface area is 102 Å². The first-order chi connectivity index (χ1) is 8.63. The van der Waals surface area contributed by atoms with Gasteiger partial charge in [0.15, 0.2) is 16.9 Å². The van der Waals surface area contributed by atoms with Gasteiger partial charge in [0.1, 0.15) is 0 Å². The summed E-state index contributed by atoms with van der Waals surface area (Å²) in [6, 6.07) is 6.09. The highest BCUT2D eigenvalue weighted by Gasteiger charge is 2.13. The maximum absolute atomic E-state index is 4.51. The Bertz CT molecular complexity index is 689. The second-order valence-electron chi connectivity index (χ2n) is 4.67. The lowest BCUT2D eigenvalue weighted by molar-refractivity contribution is 0.815. The van der Waals surface area contributed by atoms with Crippen LogP contribution >= 0.6 is 0 Å². The maximum atomic E-state index is 4.51. The summed E-state index contributed by atoms with van der Waals surface area (Å²) in [5, 5.41) is 13.5. The Hall–Kier alpha value is -2.37. The highest BCUT2D eigenvalue weighted by molar-refractivity contribution is 5.61. The average Bonchev–Trinajstić information content (AvgIpc) is 2.93. The van der Waals surface area contributed by atoms with E-state index in [0.29, 0.717) is 0 Å². The highest BCUT2D eigenvalue weighted by atomic mass is 15.4. The molecule has 0 bridgehead atoms. The molecule has 0 atom stereocenters. The summed E-state index contributed by atoms with van der Waals surface area (Å²) in [5.41, 5.74) is 5.79. The molecule has 90 valence electrons. The van der Waals surface area contributed by atoms with Crippen LogP contribution in [0.1, 0.15) is 17.1 Å². The fourth-order valence-corrected chi connectivity index (χ4v) is 2.42. The molecule has 6 nitrogen and oxygen atoms in total. The van der Waals surface area contributed by atoms with E-state index >= 15 is 0 Å². The molecule has 0 saturated heterocycles. The van der Waals surface area contributed by atoms with E-state index in [9.17, 15) is 0 Å².